The minimum absolute atomic E-state index is 0.101. The second-order valence-corrected chi connectivity index (χ2v) is 5.95. The standard InChI is InChI=1S/C18H14ClN3O4/c19-15-3-5-17(26-12-13-2-1-7-20-9-13)14(8-15)10-21-11-16(22(24)25)4-6-18(21)23/h1-9,11H,10,12H2. The van der Waals surface area contributed by atoms with Crippen LogP contribution in [0.1, 0.15) is 11.1 Å². The van der Waals surface area contributed by atoms with Gasteiger partial charge in [-0.2, -0.15) is 0 Å². The van der Waals surface area contributed by atoms with E-state index in [0.717, 1.165) is 5.56 Å². The van der Waals surface area contributed by atoms with Crippen molar-refractivity contribution in [1.82, 2.24) is 9.55 Å². The summed E-state index contributed by atoms with van der Waals surface area (Å²) in [4.78, 5) is 26.4. The summed E-state index contributed by atoms with van der Waals surface area (Å²) < 4.78 is 7.07. The van der Waals surface area contributed by atoms with E-state index < -0.39 is 4.92 Å². The van der Waals surface area contributed by atoms with Crippen molar-refractivity contribution in [2.45, 2.75) is 13.2 Å². The average Bonchev–Trinajstić information content (AvgIpc) is 2.63. The zero-order chi connectivity index (χ0) is 18.5. The second-order valence-electron chi connectivity index (χ2n) is 5.51. The van der Waals surface area contributed by atoms with Gasteiger partial charge in [-0.15, -0.1) is 0 Å². The van der Waals surface area contributed by atoms with E-state index in [4.69, 9.17) is 16.3 Å². The van der Waals surface area contributed by atoms with Gasteiger partial charge in [0.1, 0.15) is 12.4 Å². The Hall–Kier alpha value is -3.19. The van der Waals surface area contributed by atoms with Crippen molar-refractivity contribution in [2.24, 2.45) is 0 Å². The quantitative estimate of drug-likeness (QED) is 0.489. The van der Waals surface area contributed by atoms with Gasteiger partial charge >= 0.3 is 0 Å². The molecule has 0 radical (unpaired) electrons. The Kier molecular flexibility index (Phi) is 5.28. The molecule has 0 bridgehead atoms. The lowest BCUT2D eigenvalue weighted by atomic mass is 10.2. The number of nitrogens with zero attached hydrogens (tertiary/aromatic N) is 3. The smallest absolute Gasteiger partial charge is 0.285 e. The highest BCUT2D eigenvalue weighted by atomic mass is 35.5. The van der Waals surface area contributed by atoms with Crippen molar-refractivity contribution >= 4 is 17.3 Å². The van der Waals surface area contributed by atoms with Crippen LogP contribution in [0.4, 0.5) is 5.69 Å². The Bertz CT molecular complexity index is 989. The third-order valence-electron chi connectivity index (χ3n) is 3.66. The number of benzene rings is 1. The van der Waals surface area contributed by atoms with Gasteiger partial charge in [0.15, 0.2) is 0 Å². The van der Waals surface area contributed by atoms with Crippen molar-refractivity contribution in [3.05, 3.63) is 97.7 Å². The van der Waals surface area contributed by atoms with E-state index in [2.05, 4.69) is 4.98 Å². The zero-order valence-electron chi connectivity index (χ0n) is 13.5. The largest absolute Gasteiger partial charge is 0.488 e. The maximum absolute atomic E-state index is 12.0. The summed E-state index contributed by atoms with van der Waals surface area (Å²) >= 11 is 6.06. The van der Waals surface area contributed by atoms with Crippen LogP contribution in [0.2, 0.25) is 5.02 Å². The maximum Gasteiger partial charge on any atom is 0.285 e. The lowest BCUT2D eigenvalue weighted by Crippen LogP contribution is -2.19. The van der Waals surface area contributed by atoms with Crippen molar-refractivity contribution in [3.63, 3.8) is 0 Å². The number of nitro groups is 1. The predicted octanol–water partition coefficient (Wildman–Crippen LogP) is 3.43. The van der Waals surface area contributed by atoms with Gasteiger partial charge in [0.25, 0.3) is 11.2 Å². The molecule has 0 aliphatic rings. The SMILES string of the molecule is O=c1ccc([N+](=O)[O-])cn1Cc1cc(Cl)ccc1OCc1cccnc1. The van der Waals surface area contributed by atoms with Gasteiger partial charge in [-0.3, -0.25) is 19.9 Å². The highest BCUT2D eigenvalue weighted by Crippen LogP contribution is 2.25. The molecule has 8 heteroatoms. The van der Waals surface area contributed by atoms with Gasteiger partial charge in [0, 0.05) is 40.7 Å². The van der Waals surface area contributed by atoms with Crippen LogP contribution < -0.4 is 10.3 Å². The number of ether oxygens (including phenoxy) is 1. The molecule has 0 atom stereocenters. The first-order valence-corrected chi connectivity index (χ1v) is 8.06. The fourth-order valence-electron chi connectivity index (χ4n) is 2.39. The molecule has 0 amide bonds. The second kappa shape index (κ2) is 7.79. The van der Waals surface area contributed by atoms with E-state index in [1.165, 1.54) is 22.9 Å². The van der Waals surface area contributed by atoms with Crippen LogP contribution in [0.15, 0.2) is 65.8 Å². The summed E-state index contributed by atoms with van der Waals surface area (Å²) in [5.41, 5.74) is 1.02. The minimum Gasteiger partial charge on any atom is -0.488 e. The molecule has 0 fully saturated rings. The van der Waals surface area contributed by atoms with Gasteiger partial charge in [0.05, 0.1) is 17.7 Å². The molecule has 3 rings (SSSR count). The van der Waals surface area contributed by atoms with E-state index in [1.54, 1.807) is 30.6 Å². The molecule has 0 saturated carbocycles. The van der Waals surface area contributed by atoms with E-state index in [1.807, 2.05) is 12.1 Å². The Balaban J connectivity index is 1.88. The fourth-order valence-corrected chi connectivity index (χ4v) is 2.59. The molecule has 1 aromatic carbocycles. The highest BCUT2D eigenvalue weighted by Gasteiger charge is 2.11. The first kappa shape index (κ1) is 17.6. The van der Waals surface area contributed by atoms with E-state index in [0.29, 0.717) is 22.9 Å². The van der Waals surface area contributed by atoms with Crippen molar-refractivity contribution in [1.29, 1.82) is 0 Å². The van der Waals surface area contributed by atoms with Crippen molar-refractivity contribution < 1.29 is 9.66 Å². The van der Waals surface area contributed by atoms with Crippen LogP contribution in [0.25, 0.3) is 0 Å². The van der Waals surface area contributed by atoms with E-state index in [-0.39, 0.29) is 17.8 Å². The maximum atomic E-state index is 12.0. The summed E-state index contributed by atoms with van der Waals surface area (Å²) in [6.45, 7) is 0.399. The molecule has 2 aromatic heterocycles. The Morgan fingerprint density at radius 2 is 2.08 bits per heavy atom. The van der Waals surface area contributed by atoms with Crippen LogP contribution in [0, 0.1) is 10.1 Å². The van der Waals surface area contributed by atoms with E-state index >= 15 is 0 Å². The molecule has 0 aliphatic carbocycles. The topological polar surface area (TPSA) is 87.3 Å². The summed E-state index contributed by atoms with van der Waals surface area (Å²) in [5.74, 6) is 0.539. The van der Waals surface area contributed by atoms with Gasteiger partial charge in [0.2, 0.25) is 0 Å². The minimum atomic E-state index is -0.548. The normalized spacial score (nSPS) is 10.5. The van der Waals surface area contributed by atoms with Crippen LogP contribution in [0.5, 0.6) is 5.75 Å². The Morgan fingerprint density at radius 1 is 1.23 bits per heavy atom. The molecule has 26 heavy (non-hydrogen) atoms. The number of halogens is 1. The first-order chi connectivity index (χ1) is 12.5. The van der Waals surface area contributed by atoms with Crippen LogP contribution in [0.3, 0.4) is 0 Å². The van der Waals surface area contributed by atoms with Gasteiger partial charge < -0.3 is 9.30 Å². The molecular weight excluding hydrogens is 358 g/mol. The summed E-state index contributed by atoms with van der Waals surface area (Å²) in [6.07, 6.45) is 4.57. The number of hydrogen-bond acceptors (Lipinski definition) is 5. The fraction of sp³-hybridized carbons (Fsp3) is 0.111. The number of pyridine rings is 2. The monoisotopic (exact) mass is 371 g/mol. The number of aromatic nitrogens is 2. The summed E-state index contributed by atoms with van der Waals surface area (Å²) in [7, 11) is 0. The van der Waals surface area contributed by atoms with Crippen LogP contribution >= 0.6 is 11.6 Å². The predicted molar refractivity (Wildman–Crippen MR) is 96.5 cm³/mol. The number of hydrogen-bond donors (Lipinski definition) is 0. The lowest BCUT2D eigenvalue weighted by Gasteiger charge is -2.13. The molecule has 2 heterocycles. The zero-order valence-corrected chi connectivity index (χ0v) is 14.3. The molecule has 132 valence electrons. The Morgan fingerprint density at radius 3 is 2.81 bits per heavy atom. The first-order valence-electron chi connectivity index (χ1n) is 7.68. The lowest BCUT2D eigenvalue weighted by molar-refractivity contribution is -0.385. The molecule has 0 N–H and O–H groups in total. The van der Waals surface area contributed by atoms with Gasteiger partial charge in [-0.1, -0.05) is 17.7 Å². The third kappa shape index (κ3) is 4.25. The van der Waals surface area contributed by atoms with Gasteiger partial charge in [-0.05, 0) is 24.3 Å². The molecule has 7 nitrogen and oxygen atoms in total. The van der Waals surface area contributed by atoms with Crippen LogP contribution in [-0.4, -0.2) is 14.5 Å². The van der Waals surface area contributed by atoms with Crippen molar-refractivity contribution in [3.8, 4) is 5.75 Å². The number of rotatable bonds is 6. The molecule has 0 saturated heterocycles. The Labute approximate surface area is 153 Å². The third-order valence-corrected chi connectivity index (χ3v) is 3.89. The summed E-state index contributed by atoms with van der Waals surface area (Å²) in [5, 5.41) is 11.4. The van der Waals surface area contributed by atoms with Crippen LogP contribution in [-0.2, 0) is 13.2 Å². The average molecular weight is 372 g/mol. The van der Waals surface area contributed by atoms with Gasteiger partial charge in [-0.25, -0.2) is 0 Å². The molecule has 0 unspecified atom stereocenters. The van der Waals surface area contributed by atoms with Crippen molar-refractivity contribution in [2.75, 3.05) is 0 Å². The molecule has 0 spiro atoms. The highest BCUT2D eigenvalue weighted by molar-refractivity contribution is 6.30. The van der Waals surface area contributed by atoms with E-state index in [9.17, 15) is 14.9 Å². The summed E-state index contributed by atoms with van der Waals surface area (Å²) in [6, 6.07) is 11.1. The molecule has 0 aliphatic heterocycles. The molecular formula is C18H14ClN3O4. The molecule has 3 aromatic rings.